The number of benzene rings is 1. The number of aryl methyl sites for hydroxylation is 1. The molecule has 0 radical (unpaired) electrons. The lowest BCUT2D eigenvalue weighted by molar-refractivity contribution is 0.199. The number of nitrogens with zero attached hydrogens (tertiary/aromatic N) is 2. The van der Waals surface area contributed by atoms with Crippen LogP contribution < -0.4 is 9.47 Å². The lowest BCUT2D eigenvalue weighted by Crippen LogP contribution is -2.09. The van der Waals surface area contributed by atoms with Gasteiger partial charge >= 0.3 is 0 Å². The maximum atomic E-state index is 13.9. The summed E-state index contributed by atoms with van der Waals surface area (Å²) < 4.78 is 25.4. The summed E-state index contributed by atoms with van der Waals surface area (Å²) in [5.41, 5.74) is 0.536. The van der Waals surface area contributed by atoms with Crippen molar-refractivity contribution in [2.75, 3.05) is 14.2 Å². The van der Waals surface area contributed by atoms with E-state index in [1.54, 1.807) is 13.1 Å². The van der Waals surface area contributed by atoms with Crippen molar-refractivity contribution >= 4 is 0 Å². The number of halogens is 1. The summed E-state index contributed by atoms with van der Waals surface area (Å²) in [4.78, 5) is 0. The van der Waals surface area contributed by atoms with Gasteiger partial charge in [0.05, 0.1) is 20.4 Å². The summed E-state index contributed by atoms with van der Waals surface area (Å²) in [6.07, 6.45) is 0.313. The van der Waals surface area contributed by atoms with Crippen LogP contribution in [0.1, 0.15) is 17.4 Å². The van der Waals surface area contributed by atoms with E-state index in [0.29, 0.717) is 17.2 Å². The molecule has 0 saturated heterocycles. The van der Waals surface area contributed by atoms with E-state index in [1.807, 2.05) is 0 Å². The van der Waals surface area contributed by atoms with Crippen molar-refractivity contribution in [2.24, 2.45) is 7.05 Å². The predicted octanol–water partition coefficient (Wildman–Crippen LogP) is 1.66. The molecule has 5 nitrogen and oxygen atoms in total. The van der Waals surface area contributed by atoms with E-state index in [1.165, 1.54) is 37.2 Å². The highest BCUT2D eigenvalue weighted by molar-refractivity contribution is 5.38. The highest BCUT2D eigenvalue weighted by atomic mass is 19.1. The summed E-state index contributed by atoms with van der Waals surface area (Å²) in [6, 6.07) is 4.29. The topological polar surface area (TPSA) is 56.5 Å². The largest absolute Gasteiger partial charge is 0.497 e. The monoisotopic (exact) mass is 266 g/mol. The fourth-order valence-corrected chi connectivity index (χ4v) is 1.90. The first kappa shape index (κ1) is 13.4. The maximum absolute atomic E-state index is 13.9. The standard InChI is InChI=1S/C13H15FN2O3/c1-16-12(11(19-3)7-15-16)13(17)9-5-4-8(18-2)6-10(9)14/h4-7,13,17H,1-3H3. The van der Waals surface area contributed by atoms with Gasteiger partial charge in [-0.1, -0.05) is 0 Å². The number of aromatic nitrogens is 2. The molecule has 1 aromatic carbocycles. The molecule has 0 spiro atoms. The van der Waals surface area contributed by atoms with Gasteiger partial charge in [-0.15, -0.1) is 0 Å². The summed E-state index contributed by atoms with van der Waals surface area (Å²) >= 11 is 0. The molecular formula is C13H15FN2O3. The second-order valence-electron chi connectivity index (χ2n) is 4.01. The van der Waals surface area contributed by atoms with Crippen LogP contribution in [0.5, 0.6) is 11.5 Å². The van der Waals surface area contributed by atoms with Crippen molar-refractivity contribution in [3.8, 4) is 11.5 Å². The number of aliphatic hydroxyl groups excluding tert-OH is 1. The molecule has 2 rings (SSSR count). The fraction of sp³-hybridized carbons (Fsp3) is 0.308. The molecule has 2 aromatic rings. The zero-order chi connectivity index (χ0) is 14.0. The average Bonchev–Trinajstić information content (AvgIpc) is 2.78. The first-order valence-corrected chi connectivity index (χ1v) is 5.66. The zero-order valence-electron chi connectivity index (χ0n) is 10.9. The smallest absolute Gasteiger partial charge is 0.162 e. The molecule has 1 heterocycles. The minimum Gasteiger partial charge on any atom is -0.497 e. The van der Waals surface area contributed by atoms with Crippen LogP contribution in [0.2, 0.25) is 0 Å². The van der Waals surface area contributed by atoms with Crippen molar-refractivity contribution in [2.45, 2.75) is 6.10 Å². The van der Waals surface area contributed by atoms with Gasteiger partial charge in [0.15, 0.2) is 5.75 Å². The Kier molecular flexibility index (Phi) is 3.71. The quantitative estimate of drug-likeness (QED) is 0.914. The molecule has 0 saturated carbocycles. The Labute approximate surface area is 110 Å². The molecule has 0 amide bonds. The van der Waals surface area contributed by atoms with Crippen LogP contribution in [0.3, 0.4) is 0 Å². The third-order valence-corrected chi connectivity index (χ3v) is 2.93. The number of hydrogen-bond donors (Lipinski definition) is 1. The highest BCUT2D eigenvalue weighted by Crippen LogP contribution is 2.31. The molecule has 6 heteroatoms. The van der Waals surface area contributed by atoms with E-state index in [-0.39, 0.29) is 5.56 Å². The minimum absolute atomic E-state index is 0.141. The molecule has 19 heavy (non-hydrogen) atoms. The average molecular weight is 266 g/mol. The van der Waals surface area contributed by atoms with Crippen LogP contribution in [0.15, 0.2) is 24.4 Å². The van der Waals surface area contributed by atoms with Crippen LogP contribution in [-0.2, 0) is 7.05 Å². The highest BCUT2D eigenvalue weighted by Gasteiger charge is 2.23. The molecule has 1 N–H and O–H groups in total. The third kappa shape index (κ3) is 2.39. The SMILES string of the molecule is COc1ccc(C(O)c2c(OC)cnn2C)c(F)c1. The Hall–Kier alpha value is -2.08. The zero-order valence-corrected chi connectivity index (χ0v) is 10.9. The molecule has 0 aliphatic carbocycles. The fourth-order valence-electron chi connectivity index (χ4n) is 1.90. The van der Waals surface area contributed by atoms with Crippen LogP contribution in [-0.4, -0.2) is 29.1 Å². The molecule has 1 aromatic heterocycles. The van der Waals surface area contributed by atoms with Crippen molar-refractivity contribution < 1.29 is 19.0 Å². The van der Waals surface area contributed by atoms with Gasteiger partial charge in [-0.2, -0.15) is 5.10 Å². The Morgan fingerprint density at radius 3 is 2.63 bits per heavy atom. The minimum atomic E-state index is -1.16. The normalized spacial score (nSPS) is 12.3. The molecule has 0 bridgehead atoms. The van der Waals surface area contributed by atoms with Crippen LogP contribution in [0.25, 0.3) is 0 Å². The Balaban J connectivity index is 2.43. The van der Waals surface area contributed by atoms with Gasteiger partial charge in [0, 0.05) is 18.7 Å². The van der Waals surface area contributed by atoms with Crippen LogP contribution in [0.4, 0.5) is 4.39 Å². The van der Waals surface area contributed by atoms with Crippen molar-refractivity contribution in [1.29, 1.82) is 0 Å². The number of aliphatic hydroxyl groups is 1. The summed E-state index contributed by atoms with van der Waals surface area (Å²) in [5.74, 6) is 0.255. The molecule has 1 atom stereocenters. The number of ether oxygens (including phenoxy) is 2. The van der Waals surface area contributed by atoms with E-state index >= 15 is 0 Å². The summed E-state index contributed by atoms with van der Waals surface area (Å²) in [6.45, 7) is 0. The lowest BCUT2D eigenvalue weighted by atomic mass is 10.1. The van der Waals surface area contributed by atoms with Crippen LogP contribution in [0, 0.1) is 5.82 Å². The second kappa shape index (κ2) is 5.27. The molecule has 0 aliphatic rings. The van der Waals surface area contributed by atoms with Gasteiger partial charge in [-0.25, -0.2) is 4.39 Å². The van der Waals surface area contributed by atoms with Gasteiger partial charge in [0.1, 0.15) is 23.4 Å². The maximum Gasteiger partial charge on any atom is 0.162 e. The van der Waals surface area contributed by atoms with Crippen molar-refractivity contribution in [3.05, 3.63) is 41.5 Å². The lowest BCUT2D eigenvalue weighted by Gasteiger charge is -2.14. The van der Waals surface area contributed by atoms with E-state index in [2.05, 4.69) is 5.10 Å². The van der Waals surface area contributed by atoms with Crippen molar-refractivity contribution in [3.63, 3.8) is 0 Å². The van der Waals surface area contributed by atoms with Crippen molar-refractivity contribution in [1.82, 2.24) is 9.78 Å². The van der Waals surface area contributed by atoms with E-state index in [9.17, 15) is 9.50 Å². The Bertz CT molecular complexity index is 583. The molecule has 102 valence electrons. The molecular weight excluding hydrogens is 251 g/mol. The van der Waals surface area contributed by atoms with Gasteiger partial charge < -0.3 is 14.6 Å². The Morgan fingerprint density at radius 2 is 2.05 bits per heavy atom. The van der Waals surface area contributed by atoms with Gasteiger partial charge in [-0.05, 0) is 12.1 Å². The predicted molar refractivity (Wildman–Crippen MR) is 66.8 cm³/mol. The van der Waals surface area contributed by atoms with E-state index < -0.39 is 11.9 Å². The first-order valence-electron chi connectivity index (χ1n) is 5.66. The first-order chi connectivity index (χ1) is 9.08. The molecule has 0 aliphatic heterocycles. The van der Waals surface area contributed by atoms with Gasteiger partial charge in [0.2, 0.25) is 0 Å². The molecule has 0 fully saturated rings. The molecule has 1 unspecified atom stereocenters. The summed E-state index contributed by atoms with van der Waals surface area (Å²) in [5, 5.41) is 14.3. The summed E-state index contributed by atoms with van der Waals surface area (Å²) in [7, 11) is 4.58. The van der Waals surface area contributed by atoms with Gasteiger partial charge in [-0.3, -0.25) is 4.68 Å². The number of hydrogen-bond acceptors (Lipinski definition) is 4. The van der Waals surface area contributed by atoms with Gasteiger partial charge in [0.25, 0.3) is 0 Å². The number of methoxy groups -OCH3 is 2. The Morgan fingerprint density at radius 1 is 1.32 bits per heavy atom. The second-order valence-corrected chi connectivity index (χ2v) is 4.01. The third-order valence-electron chi connectivity index (χ3n) is 2.93. The van der Waals surface area contributed by atoms with E-state index in [0.717, 1.165) is 0 Å². The number of rotatable bonds is 4. The van der Waals surface area contributed by atoms with Crippen LogP contribution >= 0.6 is 0 Å². The van der Waals surface area contributed by atoms with E-state index in [4.69, 9.17) is 9.47 Å².